The van der Waals surface area contributed by atoms with E-state index in [0.717, 1.165) is 25.9 Å². The lowest BCUT2D eigenvalue weighted by atomic mass is 10.1. The van der Waals surface area contributed by atoms with Crippen LogP contribution in [-0.4, -0.2) is 22.6 Å². The molecular weight excluding hydrogens is 280 g/mol. The lowest BCUT2D eigenvalue weighted by molar-refractivity contribution is 0.505. The zero-order valence-corrected chi connectivity index (χ0v) is 14.5. The summed E-state index contributed by atoms with van der Waals surface area (Å²) >= 11 is 0. The molecule has 3 N–H and O–H groups in total. The number of nitrogens with zero attached hydrogens (tertiary/aromatic N) is 2. The Morgan fingerprint density at radius 3 is 2.32 bits per heavy atom. The molecule has 6 heteroatoms. The van der Waals surface area contributed by atoms with Crippen LogP contribution < -0.4 is 21.9 Å². The normalized spacial score (nSPS) is 11.4. The zero-order valence-electron chi connectivity index (χ0n) is 14.5. The average Bonchev–Trinajstić information content (AvgIpc) is 2.39. The van der Waals surface area contributed by atoms with E-state index in [0.29, 0.717) is 18.2 Å². The Hall–Kier alpha value is -1.72. The molecule has 0 saturated carbocycles. The van der Waals surface area contributed by atoms with Crippen LogP contribution in [0.1, 0.15) is 47.5 Å². The smallest absolute Gasteiger partial charge is 0.330 e. The van der Waals surface area contributed by atoms with E-state index in [4.69, 9.17) is 5.73 Å². The standard InChI is InChI=1S/C16H30N4O2/c1-6-7-8-19(9-11(2)3)13-14(17)20(10-12(4)5)16(22)18-15(13)21/h11-12H,6-10,17H2,1-5H3,(H,18,21,22). The third-order valence-electron chi connectivity index (χ3n) is 3.45. The van der Waals surface area contributed by atoms with Gasteiger partial charge in [0.2, 0.25) is 0 Å². The van der Waals surface area contributed by atoms with Gasteiger partial charge in [0, 0.05) is 19.6 Å². The number of anilines is 2. The van der Waals surface area contributed by atoms with Crippen molar-refractivity contribution >= 4 is 11.5 Å². The molecule has 0 aliphatic rings. The minimum Gasteiger partial charge on any atom is -0.383 e. The summed E-state index contributed by atoms with van der Waals surface area (Å²) in [5, 5.41) is 0. The van der Waals surface area contributed by atoms with Crippen LogP contribution in [0.5, 0.6) is 0 Å². The Morgan fingerprint density at radius 1 is 1.18 bits per heavy atom. The average molecular weight is 310 g/mol. The van der Waals surface area contributed by atoms with E-state index >= 15 is 0 Å². The van der Waals surface area contributed by atoms with Gasteiger partial charge in [-0.1, -0.05) is 41.0 Å². The molecule has 0 amide bonds. The second-order valence-electron chi connectivity index (χ2n) is 6.69. The second-order valence-corrected chi connectivity index (χ2v) is 6.69. The number of hydrogen-bond donors (Lipinski definition) is 2. The predicted octanol–water partition coefficient (Wildman–Crippen LogP) is 2.04. The van der Waals surface area contributed by atoms with Gasteiger partial charge < -0.3 is 10.6 Å². The molecule has 0 bridgehead atoms. The van der Waals surface area contributed by atoms with Crippen molar-refractivity contribution in [1.82, 2.24) is 9.55 Å². The van der Waals surface area contributed by atoms with Crippen molar-refractivity contribution in [1.29, 1.82) is 0 Å². The number of hydrogen-bond acceptors (Lipinski definition) is 4. The molecule has 0 saturated heterocycles. The fourth-order valence-corrected chi connectivity index (χ4v) is 2.51. The molecule has 1 aromatic heterocycles. The molecular formula is C16H30N4O2. The Bertz CT molecular complexity index is 587. The Morgan fingerprint density at radius 2 is 1.82 bits per heavy atom. The first-order valence-corrected chi connectivity index (χ1v) is 8.15. The van der Waals surface area contributed by atoms with Crippen LogP contribution in [0.25, 0.3) is 0 Å². The summed E-state index contributed by atoms with van der Waals surface area (Å²) in [6, 6.07) is 0. The number of nitrogens with one attached hydrogen (secondary N) is 1. The topological polar surface area (TPSA) is 84.1 Å². The summed E-state index contributed by atoms with van der Waals surface area (Å²) in [7, 11) is 0. The number of aromatic amines is 1. The highest BCUT2D eigenvalue weighted by Gasteiger charge is 2.19. The monoisotopic (exact) mass is 310 g/mol. The first-order chi connectivity index (χ1) is 10.3. The Balaban J connectivity index is 3.34. The highest BCUT2D eigenvalue weighted by molar-refractivity contribution is 5.62. The van der Waals surface area contributed by atoms with E-state index in [1.54, 1.807) is 0 Å². The number of nitrogen functional groups attached to an aromatic ring is 1. The van der Waals surface area contributed by atoms with Crippen LogP contribution in [0.2, 0.25) is 0 Å². The molecule has 0 spiro atoms. The van der Waals surface area contributed by atoms with Crippen molar-refractivity contribution in [2.75, 3.05) is 23.7 Å². The highest BCUT2D eigenvalue weighted by atomic mass is 16.2. The first kappa shape index (κ1) is 18.3. The number of aromatic nitrogens is 2. The van der Waals surface area contributed by atoms with Crippen molar-refractivity contribution in [2.45, 2.75) is 54.0 Å². The summed E-state index contributed by atoms with van der Waals surface area (Å²) in [5.41, 5.74) is 5.80. The van der Waals surface area contributed by atoms with Gasteiger partial charge in [0.1, 0.15) is 11.5 Å². The van der Waals surface area contributed by atoms with Crippen LogP contribution in [0.3, 0.4) is 0 Å². The summed E-state index contributed by atoms with van der Waals surface area (Å²) in [6.45, 7) is 12.4. The maximum atomic E-state index is 12.3. The van der Waals surface area contributed by atoms with E-state index in [1.165, 1.54) is 4.57 Å². The summed E-state index contributed by atoms with van der Waals surface area (Å²) in [5.74, 6) is 0.952. The molecule has 0 fully saturated rings. The summed E-state index contributed by atoms with van der Waals surface area (Å²) in [4.78, 5) is 28.7. The molecule has 1 aromatic rings. The molecule has 126 valence electrons. The SMILES string of the molecule is CCCCN(CC(C)C)c1c(N)n(CC(C)C)c(=O)[nH]c1=O. The van der Waals surface area contributed by atoms with Gasteiger partial charge >= 0.3 is 5.69 Å². The van der Waals surface area contributed by atoms with Crippen molar-refractivity contribution in [2.24, 2.45) is 11.8 Å². The van der Waals surface area contributed by atoms with E-state index in [2.05, 4.69) is 25.8 Å². The Kier molecular flexibility index (Phi) is 6.71. The van der Waals surface area contributed by atoms with Gasteiger partial charge in [0.05, 0.1) is 0 Å². The highest BCUT2D eigenvalue weighted by Crippen LogP contribution is 2.19. The molecule has 0 aliphatic carbocycles. The molecule has 1 rings (SSSR count). The molecule has 22 heavy (non-hydrogen) atoms. The molecule has 0 aliphatic heterocycles. The van der Waals surface area contributed by atoms with Crippen LogP contribution >= 0.6 is 0 Å². The second kappa shape index (κ2) is 8.06. The minimum absolute atomic E-state index is 0.271. The van der Waals surface area contributed by atoms with Gasteiger partial charge in [-0.2, -0.15) is 0 Å². The van der Waals surface area contributed by atoms with E-state index in [9.17, 15) is 9.59 Å². The molecule has 0 aromatic carbocycles. The fourth-order valence-electron chi connectivity index (χ4n) is 2.51. The van der Waals surface area contributed by atoms with Crippen LogP contribution in [-0.2, 0) is 6.54 Å². The third kappa shape index (κ3) is 4.64. The van der Waals surface area contributed by atoms with Gasteiger partial charge in [-0.15, -0.1) is 0 Å². The van der Waals surface area contributed by atoms with E-state index < -0.39 is 5.69 Å². The quantitative estimate of drug-likeness (QED) is 0.769. The Labute approximate surface area is 132 Å². The molecule has 1 heterocycles. The van der Waals surface area contributed by atoms with Gasteiger partial charge in [0.25, 0.3) is 5.56 Å². The largest absolute Gasteiger partial charge is 0.383 e. The van der Waals surface area contributed by atoms with Gasteiger partial charge in [0.15, 0.2) is 0 Å². The van der Waals surface area contributed by atoms with Crippen LogP contribution in [0, 0.1) is 11.8 Å². The van der Waals surface area contributed by atoms with E-state index in [-0.39, 0.29) is 17.3 Å². The van der Waals surface area contributed by atoms with E-state index in [1.807, 2.05) is 18.7 Å². The first-order valence-electron chi connectivity index (χ1n) is 8.15. The number of rotatable bonds is 8. The molecule has 0 unspecified atom stereocenters. The lowest BCUT2D eigenvalue weighted by Gasteiger charge is -2.28. The molecule has 0 atom stereocenters. The number of unbranched alkanes of at least 4 members (excludes halogenated alkanes) is 1. The minimum atomic E-state index is -0.431. The number of nitrogens with two attached hydrogens (primary N) is 1. The maximum Gasteiger partial charge on any atom is 0.330 e. The van der Waals surface area contributed by atoms with Crippen molar-refractivity contribution in [3.05, 3.63) is 20.8 Å². The number of H-pyrrole nitrogens is 1. The lowest BCUT2D eigenvalue weighted by Crippen LogP contribution is -2.40. The summed E-state index contributed by atoms with van der Waals surface area (Å²) < 4.78 is 1.47. The van der Waals surface area contributed by atoms with Gasteiger partial charge in [-0.05, 0) is 18.3 Å². The van der Waals surface area contributed by atoms with Crippen LogP contribution in [0.15, 0.2) is 9.59 Å². The van der Waals surface area contributed by atoms with Crippen LogP contribution in [0.4, 0.5) is 11.5 Å². The predicted molar refractivity (Wildman–Crippen MR) is 92.5 cm³/mol. The van der Waals surface area contributed by atoms with Gasteiger partial charge in [-0.3, -0.25) is 14.3 Å². The zero-order chi connectivity index (χ0) is 16.9. The fraction of sp³-hybridized carbons (Fsp3) is 0.750. The van der Waals surface area contributed by atoms with Gasteiger partial charge in [-0.25, -0.2) is 4.79 Å². The van der Waals surface area contributed by atoms with Crippen molar-refractivity contribution in [3.63, 3.8) is 0 Å². The van der Waals surface area contributed by atoms with Crippen molar-refractivity contribution in [3.8, 4) is 0 Å². The maximum absolute atomic E-state index is 12.3. The van der Waals surface area contributed by atoms with Crippen molar-refractivity contribution < 1.29 is 0 Å². The molecule has 6 nitrogen and oxygen atoms in total. The summed E-state index contributed by atoms with van der Waals surface area (Å²) in [6.07, 6.45) is 2.02. The third-order valence-corrected chi connectivity index (χ3v) is 3.45. The molecule has 0 radical (unpaired) electrons.